The Kier molecular flexibility index (Phi) is 3.53. The van der Waals surface area contributed by atoms with Gasteiger partial charge in [-0.15, -0.1) is 0 Å². The third kappa shape index (κ3) is 3.13. The maximum Gasteiger partial charge on any atom is 0.224 e. The summed E-state index contributed by atoms with van der Waals surface area (Å²) in [5.41, 5.74) is 6.31. The Morgan fingerprint density at radius 3 is 2.94 bits per heavy atom. The van der Waals surface area contributed by atoms with Gasteiger partial charge in [-0.3, -0.25) is 0 Å². The summed E-state index contributed by atoms with van der Waals surface area (Å²) in [6, 6.07) is 6.10. The molecule has 2 aromatic rings. The monoisotopic (exact) mass is 296 g/mol. The number of nitrogens with two attached hydrogens (primary N) is 1. The number of halogens is 2. The Bertz CT molecular complexity index is 533. The van der Waals surface area contributed by atoms with Crippen LogP contribution in [-0.4, -0.2) is 9.97 Å². The lowest BCUT2D eigenvalue weighted by Gasteiger charge is -2.07. The summed E-state index contributed by atoms with van der Waals surface area (Å²) >= 11 is 3.35. The molecular formula is C11H10BrFN4. The number of nitrogens with zero attached hydrogens (tertiary/aromatic N) is 2. The van der Waals surface area contributed by atoms with E-state index in [1.54, 1.807) is 18.3 Å². The average molecular weight is 297 g/mol. The number of nitrogens with one attached hydrogen (secondary N) is 1. The molecule has 1 aromatic heterocycles. The van der Waals surface area contributed by atoms with Crippen LogP contribution < -0.4 is 11.1 Å². The van der Waals surface area contributed by atoms with Crippen LogP contribution in [0.2, 0.25) is 0 Å². The zero-order chi connectivity index (χ0) is 12.3. The molecule has 1 aromatic carbocycles. The van der Waals surface area contributed by atoms with E-state index in [4.69, 9.17) is 5.73 Å². The highest BCUT2D eigenvalue weighted by molar-refractivity contribution is 9.10. The first kappa shape index (κ1) is 11.8. The molecule has 0 atom stereocenters. The van der Waals surface area contributed by atoms with E-state index in [1.807, 2.05) is 0 Å². The molecule has 3 N–H and O–H groups in total. The quantitative estimate of drug-likeness (QED) is 0.914. The second-order valence-corrected chi connectivity index (χ2v) is 4.25. The van der Waals surface area contributed by atoms with Gasteiger partial charge in [0.1, 0.15) is 11.6 Å². The highest BCUT2D eigenvalue weighted by atomic mass is 79.9. The van der Waals surface area contributed by atoms with E-state index in [0.717, 1.165) is 10.0 Å². The molecule has 1 heterocycles. The second-order valence-electron chi connectivity index (χ2n) is 3.39. The fourth-order valence-electron chi connectivity index (χ4n) is 1.31. The van der Waals surface area contributed by atoms with Crippen LogP contribution in [0.25, 0.3) is 0 Å². The summed E-state index contributed by atoms with van der Waals surface area (Å²) < 4.78 is 13.9. The van der Waals surface area contributed by atoms with E-state index >= 15 is 0 Å². The summed E-state index contributed by atoms with van der Waals surface area (Å²) in [7, 11) is 0. The molecular weight excluding hydrogens is 287 g/mol. The standard InChI is InChI=1S/C11H10BrFN4/c12-9-2-1-8(13)5-7(9)6-16-11-15-4-3-10(14)17-11/h1-5H,6H2,(H3,14,15,16,17). The minimum Gasteiger partial charge on any atom is -0.384 e. The second kappa shape index (κ2) is 5.09. The average Bonchev–Trinajstić information content (AvgIpc) is 2.30. The molecule has 2 rings (SSSR count). The highest BCUT2D eigenvalue weighted by Gasteiger charge is 2.03. The summed E-state index contributed by atoms with van der Waals surface area (Å²) in [5.74, 6) is 0.528. The highest BCUT2D eigenvalue weighted by Crippen LogP contribution is 2.18. The smallest absolute Gasteiger partial charge is 0.224 e. The first-order valence-corrected chi connectivity index (χ1v) is 5.71. The SMILES string of the molecule is Nc1ccnc(NCc2cc(F)ccc2Br)n1. The Labute approximate surface area is 106 Å². The summed E-state index contributed by atoms with van der Waals surface area (Å²) in [4.78, 5) is 7.98. The van der Waals surface area contributed by atoms with Crippen molar-refractivity contribution in [1.82, 2.24) is 9.97 Å². The van der Waals surface area contributed by atoms with Gasteiger partial charge in [0.2, 0.25) is 5.95 Å². The lowest BCUT2D eigenvalue weighted by Crippen LogP contribution is -2.05. The van der Waals surface area contributed by atoms with E-state index in [1.165, 1.54) is 12.1 Å². The molecule has 0 spiro atoms. The Balaban J connectivity index is 2.09. The van der Waals surface area contributed by atoms with E-state index in [9.17, 15) is 4.39 Å². The van der Waals surface area contributed by atoms with Crippen molar-refractivity contribution in [2.75, 3.05) is 11.1 Å². The van der Waals surface area contributed by atoms with Crippen molar-refractivity contribution in [3.8, 4) is 0 Å². The van der Waals surface area contributed by atoms with Gasteiger partial charge in [-0.1, -0.05) is 15.9 Å². The topological polar surface area (TPSA) is 63.8 Å². The maximum absolute atomic E-state index is 13.0. The number of rotatable bonds is 3. The number of hydrogen-bond acceptors (Lipinski definition) is 4. The molecule has 0 unspecified atom stereocenters. The molecule has 0 bridgehead atoms. The zero-order valence-corrected chi connectivity index (χ0v) is 10.4. The molecule has 0 aliphatic heterocycles. The molecule has 0 aliphatic carbocycles. The van der Waals surface area contributed by atoms with Crippen LogP contribution in [0.4, 0.5) is 16.2 Å². The van der Waals surface area contributed by atoms with Crippen molar-refractivity contribution >= 4 is 27.7 Å². The van der Waals surface area contributed by atoms with Gasteiger partial charge in [0, 0.05) is 17.2 Å². The van der Waals surface area contributed by atoms with Crippen molar-refractivity contribution in [1.29, 1.82) is 0 Å². The predicted octanol–water partition coefficient (Wildman–Crippen LogP) is 2.57. The van der Waals surface area contributed by atoms with Crippen LogP contribution >= 0.6 is 15.9 Å². The molecule has 6 heteroatoms. The Hall–Kier alpha value is -1.69. The van der Waals surface area contributed by atoms with Crippen LogP contribution in [0.5, 0.6) is 0 Å². The third-order valence-corrected chi connectivity index (χ3v) is 2.90. The molecule has 88 valence electrons. The molecule has 0 aliphatic rings. The lowest BCUT2D eigenvalue weighted by atomic mass is 10.2. The molecule has 0 saturated carbocycles. The van der Waals surface area contributed by atoms with E-state index in [2.05, 4.69) is 31.2 Å². The van der Waals surface area contributed by atoms with Crippen LogP contribution in [0.15, 0.2) is 34.9 Å². The molecule has 0 fully saturated rings. The van der Waals surface area contributed by atoms with Crippen molar-refractivity contribution in [2.24, 2.45) is 0 Å². The normalized spacial score (nSPS) is 10.2. The van der Waals surface area contributed by atoms with Crippen molar-refractivity contribution in [3.63, 3.8) is 0 Å². The first-order chi connectivity index (χ1) is 8.15. The summed E-state index contributed by atoms with van der Waals surface area (Å²) in [6.07, 6.45) is 1.56. The van der Waals surface area contributed by atoms with Crippen molar-refractivity contribution in [2.45, 2.75) is 6.54 Å². The van der Waals surface area contributed by atoms with Gasteiger partial charge in [0.05, 0.1) is 0 Å². The molecule has 0 saturated heterocycles. The van der Waals surface area contributed by atoms with Gasteiger partial charge < -0.3 is 11.1 Å². The van der Waals surface area contributed by atoms with E-state index < -0.39 is 0 Å². The molecule has 17 heavy (non-hydrogen) atoms. The van der Waals surface area contributed by atoms with Gasteiger partial charge >= 0.3 is 0 Å². The minimum atomic E-state index is -0.279. The van der Waals surface area contributed by atoms with Gasteiger partial charge in [-0.2, -0.15) is 4.98 Å². The largest absolute Gasteiger partial charge is 0.384 e. The number of anilines is 2. The fraction of sp³-hybridized carbons (Fsp3) is 0.0909. The van der Waals surface area contributed by atoms with Gasteiger partial charge in [0.25, 0.3) is 0 Å². The molecule has 0 amide bonds. The van der Waals surface area contributed by atoms with Crippen LogP contribution in [-0.2, 0) is 6.54 Å². The third-order valence-electron chi connectivity index (χ3n) is 2.12. The van der Waals surface area contributed by atoms with Crippen molar-refractivity contribution in [3.05, 3.63) is 46.3 Å². The van der Waals surface area contributed by atoms with Crippen LogP contribution in [0.3, 0.4) is 0 Å². The molecule has 0 radical (unpaired) electrons. The van der Waals surface area contributed by atoms with Gasteiger partial charge in [-0.25, -0.2) is 9.37 Å². The Morgan fingerprint density at radius 1 is 1.35 bits per heavy atom. The first-order valence-electron chi connectivity index (χ1n) is 4.91. The number of aromatic nitrogens is 2. The Morgan fingerprint density at radius 2 is 2.18 bits per heavy atom. The van der Waals surface area contributed by atoms with Gasteiger partial charge in [0.15, 0.2) is 0 Å². The molecule has 4 nitrogen and oxygen atoms in total. The van der Waals surface area contributed by atoms with Crippen LogP contribution in [0, 0.1) is 5.82 Å². The van der Waals surface area contributed by atoms with Gasteiger partial charge in [-0.05, 0) is 29.8 Å². The maximum atomic E-state index is 13.0. The van der Waals surface area contributed by atoms with E-state index in [-0.39, 0.29) is 5.82 Å². The summed E-state index contributed by atoms with van der Waals surface area (Å²) in [6.45, 7) is 0.418. The summed E-state index contributed by atoms with van der Waals surface area (Å²) in [5, 5.41) is 2.97. The zero-order valence-electron chi connectivity index (χ0n) is 8.82. The van der Waals surface area contributed by atoms with Crippen molar-refractivity contribution < 1.29 is 4.39 Å². The lowest BCUT2D eigenvalue weighted by molar-refractivity contribution is 0.625. The fourth-order valence-corrected chi connectivity index (χ4v) is 1.70. The van der Waals surface area contributed by atoms with Crippen LogP contribution in [0.1, 0.15) is 5.56 Å². The number of hydrogen-bond donors (Lipinski definition) is 2. The number of nitrogen functional groups attached to an aromatic ring is 1. The van der Waals surface area contributed by atoms with E-state index in [0.29, 0.717) is 18.3 Å². The minimum absolute atomic E-state index is 0.279. The predicted molar refractivity (Wildman–Crippen MR) is 67.9 cm³/mol. The number of benzene rings is 1.